The smallest absolute Gasteiger partial charge is 0.234 e. The van der Waals surface area contributed by atoms with Gasteiger partial charge in [0.2, 0.25) is 18.4 Å². The summed E-state index contributed by atoms with van der Waals surface area (Å²) in [6.45, 7) is 0.0271. The maximum absolute atomic E-state index is 13.2. The summed E-state index contributed by atoms with van der Waals surface area (Å²) in [5.74, 6) is 6.87. The van der Waals surface area contributed by atoms with E-state index in [4.69, 9.17) is 23.7 Å². The number of hydrogen-bond donors (Lipinski definition) is 0. The van der Waals surface area contributed by atoms with Crippen molar-refractivity contribution >= 4 is 11.6 Å². The first kappa shape index (κ1) is 21.8. The SMILES string of the molecule is COc1ccc(C#Cc2cc3c(cc2C(=O)C(=O)c2cc(OC)cc(OC)c2)OCO3)cc1. The van der Waals surface area contributed by atoms with Crippen LogP contribution in [-0.2, 0) is 0 Å². The molecular weight excluding hydrogens is 424 g/mol. The fourth-order valence-corrected chi connectivity index (χ4v) is 3.24. The summed E-state index contributed by atoms with van der Waals surface area (Å²) in [6, 6.07) is 14.8. The van der Waals surface area contributed by atoms with E-state index in [-0.39, 0.29) is 17.9 Å². The summed E-state index contributed by atoms with van der Waals surface area (Å²) in [5.41, 5.74) is 1.33. The predicted molar refractivity (Wildman–Crippen MR) is 120 cm³/mol. The average molecular weight is 444 g/mol. The molecule has 0 saturated carbocycles. The zero-order chi connectivity index (χ0) is 23.4. The standard InChI is InChI=1S/C26H20O7/c1-29-19-8-5-16(6-9-19)4-7-17-12-23-24(33-15-32-23)14-22(17)26(28)25(27)18-10-20(30-2)13-21(11-18)31-3/h5-6,8-14H,15H2,1-3H3. The Morgan fingerprint density at radius 2 is 1.33 bits per heavy atom. The second-order valence-electron chi connectivity index (χ2n) is 6.99. The summed E-state index contributed by atoms with van der Waals surface area (Å²) >= 11 is 0. The van der Waals surface area contributed by atoms with Gasteiger partial charge in [-0.1, -0.05) is 11.8 Å². The number of carbonyl (C=O) groups excluding carboxylic acids is 2. The van der Waals surface area contributed by atoms with Crippen molar-refractivity contribution < 1.29 is 33.3 Å². The van der Waals surface area contributed by atoms with Gasteiger partial charge in [-0.3, -0.25) is 9.59 Å². The molecule has 0 radical (unpaired) electrons. The van der Waals surface area contributed by atoms with Gasteiger partial charge in [-0.25, -0.2) is 0 Å². The van der Waals surface area contributed by atoms with E-state index in [2.05, 4.69) is 11.8 Å². The summed E-state index contributed by atoms with van der Waals surface area (Å²) < 4.78 is 26.4. The van der Waals surface area contributed by atoms with Crippen LogP contribution in [0.4, 0.5) is 0 Å². The molecule has 0 unspecified atom stereocenters. The molecule has 0 aromatic heterocycles. The molecule has 33 heavy (non-hydrogen) atoms. The van der Waals surface area contributed by atoms with E-state index in [1.54, 1.807) is 43.5 Å². The van der Waals surface area contributed by atoms with E-state index < -0.39 is 11.6 Å². The van der Waals surface area contributed by atoms with Crippen molar-refractivity contribution in [2.75, 3.05) is 28.1 Å². The Hall–Kier alpha value is -4.44. The Kier molecular flexibility index (Phi) is 6.18. The lowest BCUT2D eigenvalue weighted by atomic mass is 9.96. The van der Waals surface area contributed by atoms with Gasteiger partial charge in [0, 0.05) is 34.4 Å². The molecule has 0 amide bonds. The molecule has 7 nitrogen and oxygen atoms in total. The van der Waals surface area contributed by atoms with Crippen LogP contribution in [0.15, 0.2) is 54.6 Å². The zero-order valence-corrected chi connectivity index (χ0v) is 18.3. The van der Waals surface area contributed by atoms with Gasteiger partial charge in [0.1, 0.15) is 17.2 Å². The van der Waals surface area contributed by atoms with Gasteiger partial charge in [-0.15, -0.1) is 0 Å². The molecule has 4 rings (SSSR count). The molecule has 1 aliphatic rings. The molecule has 166 valence electrons. The number of rotatable bonds is 6. The lowest BCUT2D eigenvalue weighted by Crippen LogP contribution is -2.16. The first-order valence-corrected chi connectivity index (χ1v) is 9.94. The van der Waals surface area contributed by atoms with Crippen molar-refractivity contribution in [2.24, 2.45) is 0 Å². The van der Waals surface area contributed by atoms with Crippen LogP contribution < -0.4 is 23.7 Å². The topological polar surface area (TPSA) is 80.3 Å². The van der Waals surface area contributed by atoms with Gasteiger partial charge < -0.3 is 23.7 Å². The van der Waals surface area contributed by atoms with E-state index in [0.29, 0.717) is 34.3 Å². The first-order chi connectivity index (χ1) is 16.0. The molecule has 0 N–H and O–H groups in total. The zero-order valence-electron chi connectivity index (χ0n) is 18.3. The Balaban J connectivity index is 1.73. The number of fused-ring (bicyclic) bond motifs is 1. The highest BCUT2D eigenvalue weighted by Crippen LogP contribution is 2.35. The summed E-state index contributed by atoms with van der Waals surface area (Å²) in [7, 11) is 4.52. The van der Waals surface area contributed by atoms with Crippen LogP contribution in [0.2, 0.25) is 0 Å². The quantitative estimate of drug-likeness (QED) is 0.324. The van der Waals surface area contributed by atoms with Crippen LogP contribution in [0.3, 0.4) is 0 Å². The van der Waals surface area contributed by atoms with Gasteiger partial charge in [0.15, 0.2) is 11.5 Å². The van der Waals surface area contributed by atoms with Crippen molar-refractivity contribution in [2.45, 2.75) is 0 Å². The van der Waals surface area contributed by atoms with Crippen molar-refractivity contribution in [3.63, 3.8) is 0 Å². The van der Waals surface area contributed by atoms with E-state index in [1.165, 1.54) is 32.4 Å². The molecule has 7 heteroatoms. The Morgan fingerprint density at radius 1 is 0.727 bits per heavy atom. The van der Waals surface area contributed by atoms with Crippen LogP contribution in [0.1, 0.15) is 31.8 Å². The van der Waals surface area contributed by atoms with Crippen LogP contribution in [0, 0.1) is 11.8 Å². The van der Waals surface area contributed by atoms with Gasteiger partial charge in [-0.2, -0.15) is 0 Å². The van der Waals surface area contributed by atoms with Crippen LogP contribution in [0.5, 0.6) is 28.7 Å². The molecule has 3 aromatic carbocycles. The third-order valence-corrected chi connectivity index (χ3v) is 5.01. The molecular formula is C26H20O7. The Labute approximate surface area is 190 Å². The van der Waals surface area contributed by atoms with Crippen molar-refractivity contribution in [1.29, 1.82) is 0 Å². The monoisotopic (exact) mass is 444 g/mol. The fraction of sp³-hybridized carbons (Fsp3) is 0.154. The highest BCUT2D eigenvalue weighted by Gasteiger charge is 2.26. The normalized spacial score (nSPS) is 11.2. The molecule has 1 heterocycles. The predicted octanol–water partition coefficient (Wildman–Crippen LogP) is 3.91. The van der Waals surface area contributed by atoms with Crippen molar-refractivity contribution in [3.8, 4) is 40.6 Å². The first-order valence-electron chi connectivity index (χ1n) is 9.94. The minimum Gasteiger partial charge on any atom is -0.497 e. The Bertz CT molecular complexity index is 1260. The second-order valence-corrected chi connectivity index (χ2v) is 6.99. The molecule has 0 spiro atoms. The molecule has 0 atom stereocenters. The van der Waals surface area contributed by atoms with Gasteiger partial charge in [0.05, 0.1) is 21.3 Å². The molecule has 0 aliphatic carbocycles. The minimum atomic E-state index is -0.734. The van der Waals surface area contributed by atoms with E-state index in [0.717, 1.165) is 5.56 Å². The van der Waals surface area contributed by atoms with E-state index >= 15 is 0 Å². The summed E-state index contributed by atoms with van der Waals surface area (Å²) in [6.07, 6.45) is 0. The van der Waals surface area contributed by atoms with Gasteiger partial charge in [-0.05, 0) is 42.5 Å². The summed E-state index contributed by atoms with van der Waals surface area (Å²) in [5, 5.41) is 0. The largest absolute Gasteiger partial charge is 0.497 e. The number of methoxy groups -OCH3 is 3. The fourth-order valence-electron chi connectivity index (χ4n) is 3.24. The van der Waals surface area contributed by atoms with E-state index in [9.17, 15) is 9.59 Å². The van der Waals surface area contributed by atoms with Gasteiger partial charge in [0.25, 0.3) is 0 Å². The molecule has 1 aliphatic heterocycles. The number of ether oxygens (including phenoxy) is 5. The minimum absolute atomic E-state index is 0.0271. The van der Waals surface area contributed by atoms with Crippen LogP contribution >= 0.6 is 0 Å². The number of Topliss-reactive ketones (excluding diaryl/α,β-unsaturated/α-hetero) is 2. The number of carbonyl (C=O) groups is 2. The average Bonchev–Trinajstić information content (AvgIpc) is 3.33. The lowest BCUT2D eigenvalue weighted by molar-refractivity contribution is 0.0816. The van der Waals surface area contributed by atoms with Crippen LogP contribution in [-0.4, -0.2) is 39.7 Å². The highest BCUT2D eigenvalue weighted by atomic mass is 16.7. The Morgan fingerprint density at radius 3 is 1.94 bits per heavy atom. The third kappa shape index (κ3) is 4.60. The molecule has 3 aromatic rings. The second kappa shape index (κ2) is 9.37. The maximum Gasteiger partial charge on any atom is 0.234 e. The highest BCUT2D eigenvalue weighted by molar-refractivity contribution is 6.49. The van der Waals surface area contributed by atoms with Crippen LogP contribution in [0.25, 0.3) is 0 Å². The summed E-state index contributed by atoms with van der Waals surface area (Å²) in [4.78, 5) is 26.3. The van der Waals surface area contributed by atoms with Gasteiger partial charge >= 0.3 is 0 Å². The molecule has 0 fully saturated rings. The number of benzene rings is 3. The van der Waals surface area contributed by atoms with Crippen molar-refractivity contribution in [1.82, 2.24) is 0 Å². The third-order valence-electron chi connectivity index (χ3n) is 5.01. The van der Waals surface area contributed by atoms with Crippen molar-refractivity contribution in [3.05, 3.63) is 76.9 Å². The lowest BCUT2D eigenvalue weighted by Gasteiger charge is -2.09. The number of ketones is 2. The maximum atomic E-state index is 13.2. The molecule has 0 saturated heterocycles. The molecule has 0 bridgehead atoms. The number of hydrogen-bond acceptors (Lipinski definition) is 7. The van der Waals surface area contributed by atoms with E-state index in [1.807, 2.05) is 0 Å².